The summed E-state index contributed by atoms with van der Waals surface area (Å²) in [6, 6.07) is 12.6. The van der Waals surface area contributed by atoms with Crippen molar-refractivity contribution in [1.82, 2.24) is 10.1 Å². The van der Waals surface area contributed by atoms with E-state index in [1.807, 2.05) is 0 Å². The Morgan fingerprint density at radius 1 is 1.00 bits per heavy atom. The second kappa shape index (κ2) is 5.37. The Bertz CT molecular complexity index is 949. The molecule has 124 valence electrons. The zero-order chi connectivity index (χ0) is 17.6. The maximum Gasteiger partial charge on any atom is 0.262 e. The maximum absolute atomic E-state index is 14.6. The molecule has 0 radical (unpaired) electrons. The van der Waals surface area contributed by atoms with E-state index in [9.17, 15) is 14.0 Å². The van der Waals surface area contributed by atoms with Crippen LogP contribution in [-0.2, 0) is 5.54 Å². The molecule has 1 unspecified atom stereocenters. The predicted octanol–water partition coefficient (Wildman–Crippen LogP) is 3.37. The van der Waals surface area contributed by atoms with E-state index in [1.54, 1.807) is 49.4 Å². The molecule has 5 nitrogen and oxygen atoms in total. The Hall–Kier alpha value is -3.28. The second-order valence-electron chi connectivity index (χ2n) is 5.96. The third-order valence-corrected chi connectivity index (χ3v) is 4.63. The molecule has 0 bridgehead atoms. The zero-order valence-electron chi connectivity index (χ0n) is 13.3. The van der Waals surface area contributed by atoms with Crippen molar-refractivity contribution >= 4 is 11.8 Å². The van der Waals surface area contributed by atoms with E-state index in [1.165, 1.54) is 18.5 Å². The smallest absolute Gasteiger partial charge is 0.262 e. The molecular formula is C19H13FN2O3. The minimum Gasteiger partial charge on any atom is -0.364 e. The Morgan fingerprint density at radius 2 is 1.60 bits per heavy atom. The lowest BCUT2D eigenvalue weighted by atomic mass is 9.84. The third-order valence-electron chi connectivity index (χ3n) is 4.63. The normalized spacial score (nSPS) is 16.0. The fourth-order valence-corrected chi connectivity index (χ4v) is 3.30. The van der Waals surface area contributed by atoms with Crippen LogP contribution in [0.25, 0.3) is 0 Å². The van der Waals surface area contributed by atoms with Crippen molar-refractivity contribution in [3.8, 4) is 0 Å². The Kier molecular flexibility index (Phi) is 3.28. The van der Waals surface area contributed by atoms with Crippen molar-refractivity contribution < 1.29 is 18.5 Å². The predicted molar refractivity (Wildman–Crippen MR) is 86.3 cm³/mol. The Balaban J connectivity index is 1.97. The number of halogens is 1. The monoisotopic (exact) mass is 336 g/mol. The number of fused-ring (bicyclic) bond motifs is 1. The van der Waals surface area contributed by atoms with E-state index in [0.29, 0.717) is 16.7 Å². The average Bonchev–Trinajstić information content (AvgIpc) is 3.24. The van der Waals surface area contributed by atoms with Crippen LogP contribution in [0.2, 0.25) is 0 Å². The van der Waals surface area contributed by atoms with Gasteiger partial charge in [0, 0.05) is 11.1 Å². The van der Waals surface area contributed by atoms with Crippen LogP contribution in [0.5, 0.6) is 0 Å². The molecule has 2 heterocycles. The van der Waals surface area contributed by atoms with E-state index >= 15 is 0 Å². The van der Waals surface area contributed by atoms with Gasteiger partial charge < -0.3 is 4.52 Å². The number of hydrogen-bond donors (Lipinski definition) is 0. The first-order chi connectivity index (χ1) is 12.0. The molecule has 3 aromatic rings. The average molecular weight is 336 g/mol. The maximum atomic E-state index is 14.6. The lowest BCUT2D eigenvalue weighted by molar-refractivity contribution is 0.0500. The molecule has 1 aliphatic heterocycles. The van der Waals surface area contributed by atoms with Crippen molar-refractivity contribution in [3.05, 3.63) is 89.1 Å². The highest BCUT2D eigenvalue weighted by atomic mass is 19.1. The number of rotatable bonds is 3. The highest BCUT2D eigenvalue weighted by Crippen LogP contribution is 2.41. The van der Waals surface area contributed by atoms with Crippen molar-refractivity contribution in [2.24, 2.45) is 0 Å². The minimum atomic E-state index is -1.39. The van der Waals surface area contributed by atoms with Gasteiger partial charge in [-0.15, -0.1) is 0 Å². The first-order valence-electron chi connectivity index (χ1n) is 7.68. The van der Waals surface area contributed by atoms with Crippen LogP contribution in [0.15, 0.2) is 65.5 Å². The van der Waals surface area contributed by atoms with E-state index in [2.05, 4.69) is 5.16 Å². The van der Waals surface area contributed by atoms with E-state index in [4.69, 9.17) is 4.52 Å². The molecule has 2 aromatic carbocycles. The molecule has 4 rings (SSSR count). The van der Waals surface area contributed by atoms with Crippen LogP contribution < -0.4 is 0 Å². The molecule has 1 aliphatic rings. The molecule has 1 atom stereocenters. The van der Waals surface area contributed by atoms with Gasteiger partial charge in [-0.3, -0.25) is 14.5 Å². The van der Waals surface area contributed by atoms with Gasteiger partial charge >= 0.3 is 0 Å². The van der Waals surface area contributed by atoms with Gasteiger partial charge in [-0.25, -0.2) is 4.39 Å². The highest BCUT2D eigenvalue weighted by molar-refractivity contribution is 6.22. The van der Waals surface area contributed by atoms with E-state index in [0.717, 1.165) is 4.90 Å². The first-order valence-corrected chi connectivity index (χ1v) is 7.68. The largest absolute Gasteiger partial charge is 0.364 e. The number of hydrogen-bond acceptors (Lipinski definition) is 4. The van der Waals surface area contributed by atoms with E-state index < -0.39 is 23.2 Å². The summed E-state index contributed by atoms with van der Waals surface area (Å²) < 4.78 is 19.5. The Morgan fingerprint density at radius 3 is 2.16 bits per heavy atom. The van der Waals surface area contributed by atoms with Crippen molar-refractivity contribution in [2.45, 2.75) is 12.5 Å². The topological polar surface area (TPSA) is 63.4 Å². The van der Waals surface area contributed by atoms with Crippen molar-refractivity contribution in [2.75, 3.05) is 0 Å². The van der Waals surface area contributed by atoms with E-state index in [-0.39, 0.29) is 5.56 Å². The molecule has 1 aromatic heterocycles. The standard InChI is InChI=1S/C19H13FN2O3/c1-19(12-10-21-25-11-12,15-8-4-5-9-16(15)20)22-17(23)13-6-2-3-7-14(13)18(22)24/h2-11H,1H3. The number of benzene rings is 2. The fourth-order valence-electron chi connectivity index (χ4n) is 3.30. The van der Waals surface area contributed by atoms with Crippen LogP contribution in [0, 0.1) is 5.82 Å². The number of aromatic nitrogens is 1. The van der Waals surface area contributed by atoms with Crippen LogP contribution >= 0.6 is 0 Å². The van der Waals surface area contributed by atoms with Crippen LogP contribution in [0.3, 0.4) is 0 Å². The van der Waals surface area contributed by atoms with Gasteiger partial charge in [-0.1, -0.05) is 35.5 Å². The van der Waals surface area contributed by atoms with Gasteiger partial charge in [-0.05, 0) is 25.1 Å². The fraction of sp³-hybridized carbons (Fsp3) is 0.105. The summed E-state index contributed by atoms with van der Waals surface area (Å²) in [5.74, 6) is -1.48. The van der Waals surface area contributed by atoms with Gasteiger partial charge in [0.25, 0.3) is 11.8 Å². The molecule has 6 heteroatoms. The van der Waals surface area contributed by atoms with Gasteiger partial charge in [0.2, 0.25) is 0 Å². The molecule has 0 N–H and O–H groups in total. The van der Waals surface area contributed by atoms with Crippen LogP contribution in [0.4, 0.5) is 4.39 Å². The highest BCUT2D eigenvalue weighted by Gasteiger charge is 2.50. The molecule has 0 saturated heterocycles. The second-order valence-corrected chi connectivity index (χ2v) is 5.96. The summed E-state index contributed by atoms with van der Waals surface area (Å²) in [6.45, 7) is 1.61. The molecule has 0 fully saturated rings. The van der Waals surface area contributed by atoms with Gasteiger partial charge in [0.05, 0.1) is 17.3 Å². The van der Waals surface area contributed by atoms with Crippen molar-refractivity contribution in [1.29, 1.82) is 0 Å². The molecule has 0 aliphatic carbocycles. The molecule has 0 spiro atoms. The number of carbonyl (C=O) groups excluding carboxylic acids is 2. The minimum absolute atomic E-state index is 0.188. The van der Waals surface area contributed by atoms with Crippen molar-refractivity contribution in [3.63, 3.8) is 0 Å². The van der Waals surface area contributed by atoms with Gasteiger partial charge in [0.15, 0.2) is 0 Å². The summed E-state index contributed by atoms with van der Waals surface area (Å²) >= 11 is 0. The molecular weight excluding hydrogens is 323 g/mol. The summed E-state index contributed by atoms with van der Waals surface area (Å²) in [6.07, 6.45) is 2.70. The molecule has 2 amide bonds. The summed E-state index contributed by atoms with van der Waals surface area (Å²) in [4.78, 5) is 27.0. The summed E-state index contributed by atoms with van der Waals surface area (Å²) in [5.41, 5.74) is -0.198. The number of nitrogens with zero attached hydrogens (tertiary/aromatic N) is 2. The summed E-state index contributed by atoms with van der Waals surface area (Å²) in [7, 11) is 0. The van der Waals surface area contributed by atoms with Gasteiger partial charge in [0.1, 0.15) is 17.6 Å². The molecule has 25 heavy (non-hydrogen) atoms. The third kappa shape index (κ3) is 2.04. The summed E-state index contributed by atoms with van der Waals surface area (Å²) in [5, 5.41) is 3.67. The number of amides is 2. The van der Waals surface area contributed by atoms with Crippen LogP contribution in [0.1, 0.15) is 38.8 Å². The first kappa shape index (κ1) is 15.3. The Labute approximate surface area is 142 Å². The lowest BCUT2D eigenvalue weighted by Gasteiger charge is -2.37. The van der Waals surface area contributed by atoms with Gasteiger partial charge in [-0.2, -0.15) is 0 Å². The quantitative estimate of drug-likeness (QED) is 0.688. The SMILES string of the molecule is CC(c1cnoc1)(c1ccccc1F)N1C(=O)c2ccccc2C1=O. The van der Waals surface area contributed by atoms with Crippen LogP contribution in [-0.4, -0.2) is 21.9 Å². The molecule has 0 saturated carbocycles. The number of imide groups is 1. The zero-order valence-corrected chi connectivity index (χ0v) is 13.3. The number of carbonyl (C=O) groups is 2. The lowest BCUT2D eigenvalue weighted by Crippen LogP contribution is -2.48.